The van der Waals surface area contributed by atoms with E-state index in [0.717, 1.165) is 5.56 Å². The number of benzene rings is 1. The molecule has 0 radical (unpaired) electrons. The van der Waals surface area contributed by atoms with Crippen molar-refractivity contribution in [2.75, 3.05) is 0 Å². The third kappa shape index (κ3) is 4.04. The zero-order chi connectivity index (χ0) is 8.69. The van der Waals surface area contributed by atoms with Crippen LogP contribution in [0.1, 0.15) is 19.4 Å². The molecule has 0 spiro atoms. The Kier molecular flexibility index (Phi) is 5.94. The maximum Gasteiger partial charge on any atom is 0.0812 e. The molecule has 0 fully saturated rings. The Morgan fingerprint density at radius 1 is 1.09 bits per heavy atom. The first-order valence-corrected chi connectivity index (χ1v) is 4.40. The molecule has 0 aliphatic rings. The van der Waals surface area contributed by atoms with E-state index in [2.05, 4.69) is 0 Å². The third-order valence-electron chi connectivity index (χ3n) is 1.11. The van der Waals surface area contributed by atoms with Crippen LogP contribution in [-0.2, 0) is 0 Å². The Morgan fingerprint density at radius 3 is 1.91 bits per heavy atom. The van der Waals surface area contributed by atoms with Crippen LogP contribution < -0.4 is 0 Å². The van der Waals surface area contributed by atoms with Gasteiger partial charge < -0.3 is 0 Å². The molecule has 0 saturated carbocycles. The standard InChI is InChI=1S/C7H7FS.C2H6/c1-6-2-4-7(9-8)5-3-6;1-2/h2-5H,1H3;1-2H3. The van der Waals surface area contributed by atoms with Crippen molar-refractivity contribution in [3.63, 3.8) is 0 Å². The Balaban J connectivity index is 0.000000461. The highest BCUT2D eigenvalue weighted by Crippen LogP contribution is 2.17. The Labute approximate surface area is 72.1 Å². The largest absolute Gasteiger partial charge is 0.160 e. The third-order valence-corrected chi connectivity index (χ3v) is 1.56. The fraction of sp³-hybridized carbons (Fsp3) is 0.333. The van der Waals surface area contributed by atoms with Gasteiger partial charge in [0, 0.05) is 4.90 Å². The summed E-state index contributed by atoms with van der Waals surface area (Å²) in [5, 5.41) is 0. The van der Waals surface area contributed by atoms with E-state index in [-0.39, 0.29) is 12.1 Å². The van der Waals surface area contributed by atoms with Crippen molar-refractivity contribution in [1.29, 1.82) is 0 Å². The number of rotatable bonds is 1. The number of hydrogen-bond acceptors (Lipinski definition) is 1. The second-order valence-corrected chi connectivity index (χ2v) is 2.52. The Bertz CT molecular complexity index is 181. The monoisotopic (exact) mass is 172 g/mol. The van der Waals surface area contributed by atoms with Gasteiger partial charge in [0.2, 0.25) is 0 Å². The van der Waals surface area contributed by atoms with Gasteiger partial charge in [-0.1, -0.05) is 31.5 Å². The maximum absolute atomic E-state index is 11.8. The van der Waals surface area contributed by atoms with Crippen molar-refractivity contribution >= 4 is 12.1 Å². The minimum Gasteiger partial charge on any atom is -0.160 e. The number of hydrogen-bond donors (Lipinski definition) is 0. The molecule has 0 aromatic heterocycles. The van der Waals surface area contributed by atoms with Gasteiger partial charge in [-0.25, -0.2) is 0 Å². The van der Waals surface area contributed by atoms with Crippen LogP contribution in [-0.4, -0.2) is 0 Å². The second-order valence-electron chi connectivity index (χ2n) is 1.89. The fourth-order valence-corrected chi connectivity index (χ4v) is 0.829. The predicted molar refractivity (Wildman–Crippen MR) is 49.5 cm³/mol. The molecule has 0 nitrogen and oxygen atoms in total. The summed E-state index contributed by atoms with van der Waals surface area (Å²) >= 11 is 0.277. The van der Waals surface area contributed by atoms with E-state index in [1.807, 2.05) is 32.9 Å². The topological polar surface area (TPSA) is 0 Å². The Hall–Kier alpha value is -0.500. The molecule has 2 heteroatoms. The predicted octanol–water partition coefficient (Wildman–Crippen LogP) is 4.00. The summed E-state index contributed by atoms with van der Waals surface area (Å²) in [7, 11) is 0. The molecule has 1 rings (SSSR count). The van der Waals surface area contributed by atoms with Gasteiger partial charge in [0.25, 0.3) is 0 Å². The number of aryl methyl sites for hydroxylation is 1. The van der Waals surface area contributed by atoms with Crippen LogP contribution in [0.15, 0.2) is 29.2 Å². The molecule has 0 amide bonds. The molecule has 0 saturated heterocycles. The van der Waals surface area contributed by atoms with E-state index >= 15 is 0 Å². The fourth-order valence-electron chi connectivity index (χ4n) is 0.590. The molecular formula is C9H13FS. The van der Waals surface area contributed by atoms with Gasteiger partial charge in [0.05, 0.1) is 12.1 Å². The Morgan fingerprint density at radius 2 is 1.55 bits per heavy atom. The van der Waals surface area contributed by atoms with Crippen LogP contribution >= 0.6 is 12.1 Å². The lowest BCUT2D eigenvalue weighted by atomic mass is 10.2. The van der Waals surface area contributed by atoms with E-state index in [9.17, 15) is 3.89 Å². The number of halogens is 1. The van der Waals surface area contributed by atoms with Crippen LogP contribution in [0.2, 0.25) is 0 Å². The molecule has 0 aliphatic carbocycles. The van der Waals surface area contributed by atoms with Crippen molar-refractivity contribution in [3.8, 4) is 0 Å². The van der Waals surface area contributed by atoms with E-state index in [4.69, 9.17) is 0 Å². The smallest absolute Gasteiger partial charge is 0.0812 e. The summed E-state index contributed by atoms with van der Waals surface area (Å²) in [5.41, 5.74) is 1.16. The normalized spacial score (nSPS) is 8.36. The second kappa shape index (κ2) is 6.23. The maximum atomic E-state index is 11.8. The van der Waals surface area contributed by atoms with Gasteiger partial charge in [-0.05, 0) is 19.1 Å². The zero-order valence-corrected chi connectivity index (χ0v) is 7.91. The van der Waals surface area contributed by atoms with Crippen molar-refractivity contribution in [1.82, 2.24) is 0 Å². The summed E-state index contributed by atoms with van der Waals surface area (Å²) in [6.07, 6.45) is 0. The van der Waals surface area contributed by atoms with Gasteiger partial charge in [-0.15, -0.1) is 0 Å². The minimum absolute atomic E-state index is 0.277. The first-order valence-electron chi connectivity index (χ1n) is 3.68. The molecule has 62 valence electrons. The zero-order valence-electron chi connectivity index (χ0n) is 7.10. The molecule has 0 bridgehead atoms. The molecular weight excluding hydrogens is 159 g/mol. The summed E-state index contributed by atoms with van der Waals surface area (Å²) in [6, 6.07) is 7.31. The molecule has 0 heterocycles. The van der Waals surface area contributed by atoms with E-state index < -0.39 is 0 Å². The van der Waals surface area contributed by atoms with Crippen LogP contribution in [0.4, 0.5) is 3.89 Å². The van der Waals surface area contributed by atoms with Crippen molar-refractivity contribution < 1.29 is 3.89 Å². The van der Waals surface area contributed by atoms with Gasteiger partial charge in [0.15, 0.2) is 0 Å². The molecule has 0 unspecified atom stereocenters. The van der Waals surface area contributed by atoms with Crippen molar-refractivity contribution in [2.24, 2.45) is 0 Å². The van der Waals surface area contributed by atoms with Crippen LogP contribution in [0.25, 0.3) is 0 Å². The quantitative estimate of drug-likeness (QED) is 0.617. The van der Waals surface area contributed by atoms with E-state index in [0.29, 0.717) is 4.90 Å². The van der Waals surface area contributed by atoms with Crippen molar-refractivity contribution in [3.05, 3.63) is 29.8 Å². The summed E-state index contributed by atoms with van der Waals surface area (Å²) < 4.78 is 11.8. The SMILES string of the molecule is CC.Cc1ccc(SF)cc1. The first kappa shape index (κ1) is 10.5. The van der Waals surface area contributed by atoms with Crippen molar-refractivity contribution in [2.45, 2.75) is 25.7 Å². The molecule has 1 aromatic rings. The first-order chi connectivity index (χ1) is 5.33. The summed E-state index contributed by atoms with van der Waals surface area (Å²) in [4.78, 5) is 0.667. The molecule has 0 N–H and O–H groups in total. The van der Waals surface area contributed by atoms with Crippen LogP contribution in [0.3, 0.4) is 0 Å². The van der Waals surface area contributed by atoms with Crippen LogP contribution in [0, 0.1) is 6.92 Å². The highest BCUT2D eigenvalue weighted by molar-refractivity contribution is 7.94. The summed E-state index contributed by atoms with van der Waals surface area (Å²) in [5.74, 6) is 0. The molecule has 1 aromatic carbocycles. The lowest BCUT2D eigenvalue weighted by Crippen LogP contribution is -1.69. The highest BCUT2D eigenvalue weighted by atomic mass is 32.2. The van der Waals surface area contributed by atoms with E-state index in [1.165, 1.54) is 0 Å². The summed E-state index contributed by atoms with van der Waals surface area (Å²) in [6.45, 7) is 5.98. The van der Waals surface area contributed by atoms with Gasteiger partial charge >= 0.3 is 0 Å². The molecule has 0 aliphatic heterocycles. The highest BCUT2D eigenvalue weighted by Gasteiger charge is 1.88. The minimum atomic E-state index is 0.277. The lowest BCUT2D eigenvalue weighted by Gasteiger charge is -1.91. The molecule has 0 atom stereocenters. The average Bonchev–Trinajstić information content (AvgIpc) is 2.10. The lowest BCUT2D eigenvalue weighted by molar-refractivity contribution is 0.934. The van der Waals surface area contributed by atoms with E-state index in [1.54, 1.807) is 12.1 Å². The van der Waals surface area contributed by atoms with Gasteiger partial charge in [-0.2, -0.15) is 3.89 Å². The van der Waals surface area contributed by atoms with Crippen LogP contribution in [0.5, 0.6) is 0 Å². The average molecular weight is 172 g/mol. The molecule has 11 heavy (non-hydrogen) atoms. The van der Waals surface area contributed by atoms with Gasteiger partial charge in [-0.3, -0.25) is 0 Å². The van der Waals surface area contributed by atoms with Gasteiger partial charge in [0.1, 0.15) is 0 Å².